The highest BCUT2D eigenvalue weighted by molar-refractivity contribution is 7.90. The smallest absolute Gasteiger partial charge is 0.248 e. The number of allylic oxidation sites excluding steroid dienone is 1. The van der Waals surface area contributed by atoms with Crippen LogP contribution in [-0.4, -0.2) is 59.9 Å². The van der Waals surface area contributed by atoms with E-state index in [4.69, 9.17) is 10.8 Å². The Hall–Kier alpha value is -3.64. The zero-order valence-electron chi connectivity index (χ0n) is 23.1. The molecule has 0 bridgehead atoms. The Bertz CT molecular complexity index is 1570. The van der Waals surface area contributed by atoms with Crippen molar-refractivity contribution in [1.82, 2.24) is 9.97 Å². The van der Waals surface area contributed by atoms with Crippen molar-refractivity contribution >= 4 is 32.4 Å². The largest absolute Gasteiger partial charge is 0.508 e. The minimum Gasteiger partial charge on any atom is -0.508 e. The molecule has 0 atom stereocenters. The Kier molecular flexibility index (Phi) is 9.54. The molecule has 2 aromatic carbocycles. The van der Waals surface area contributed by atoms with Crippen molar-refractivity contribution in [2.24, 2.45) is 17.6 Å². The standard InChI is InChI=1S/C29H35F2N5O4S/c1-18(2)26(38)15-33-28(32)19-6-8-36(9-7-19)29-24-14-22(30)13-23(27(24)34-17-35-29)20-4-5-21(25(31)12-20)16-41(39,40)11-3-10-37/h4-5,12-15,17-19,37-38H,3,6-11,16H2,1-2H3,(H2,32,33)/p+1/b26-15+. The second kappa shape index (κ2) is 12.9. The molecule has 2 heterocycles. The molecule has 9 nitrogen and oxygen atoms in total. The van der Waals surface area contributed by atoms with Crippen LogP contribution in [0.15, 0.2) is 48.6 Å². The van der Waals surface area contributed by atoms with E-state index >= 15 is 4.39 Å². The Morgan fingerprint density at radius 2 is 1.93 bits per heavy atom. The second-order valence-electron chi connectivity index (χ2n) is 10.6. The number of hydrogen-bond donors (Lipinski definition) is 4. The van der Waals surface area contributed by atoms with E-state index in [0.717, 1.165) is 12.8 Å². The highest BCUT2D eigenvalue weighted by Gasteiger charge is 2.27. The first kappa shape index (κ1) is 30.3. The lowest BCUT2D eigenvalue weighted by Crippen LogP contribution is -2.72. The van der Waals surface area contributed by atoms with Gasteiger partial charge in [0.05, 0.1) is 22.9 Å². The molecule has 0 radical (unpaired) electrons. The third-order valence-corrected chi connectivity index (χ3v) is 8.91. The number of amidine groups is 1. The summed E-state index contributed by atoms with van der Waals surface area (Å²) in [6.45, 7) is 4.71. The van der Waals surface area contributed by atoms with Gasteiger partial charge < -0.3 is 15.1 Å². The first-order chi connectivity index (χ1) is 19.5. The number of piperidine rings is 1. The molecule has 1 saturated heterocycles. The van der Waals surface area contributed by atoms with E-state index in [-0.39, 0.29) is 41.9 Å². The Morgan fingerprint density at radius 3 is 2.59 bits per heavy atom. The SMILES string of the molecule is CC(C)/C(O)=C\[NH+]=C(N)C1CCN(c2ncnc3c(-c4ccc(CS(=O)(=O)CCCO)c(F)c4)cc(F)cc23)CC1. The molecule has 3 aromatic rings. The molecule has 0 aliphatic carbocycles. The minimum absolute atomic E-state index is 0.00561. The minimum atomic E-state index is -3.59. The molecule has 1 aromatic heterocycles. The maximum absolute atomic E-state index is 15.0. The van der Waals surface area contributed by atoms with Crippen LogP contribution in [0.2, 0.25) is 0 Å². The fourth-order valence-corrected chi connectivity index (χ4v) is 6.28. The summed E-state index contributed by atoms with van der Waals surface area (Å²) in [5, 5.41) is 19.3. The number of rotatable bonds is 10. The van der Waals surface area contributed by atoms with Crippen LogP contribution < -0.4 is 15.6 Å². The maximum Gasteiger partial charge on any atom is 0.248 e. The summed E-state index contributed by atoms with van der Waals surface area (Å²) in [5.41, 5.74) is 7.41. The topological polar surface area (TPSA) is 144 Å². The van der Waals surface area contributed by atoms with Crippen molar-refractivity contribution < 1.29 is 32.4 Å². The van der Waals surface area contributed by atoms with Crippen LogP contribution in [0.3, 0.4) is 0 Å². The van der Waals surface area contributed by atoms with E-state index in [0.29, 0.717) is 46.8 Å². The molecule has 220 valence electrons. The number of hydrogen-bond acceptors (Lipinski definition) is 7. The highest BCUT2D eigenvalue weighted by Crippen LogP contribution is 2.34. The Balaban J connectivity index is 1.59. The van der Waals surface area contributed by atoms with E-state index in [2.05, 4.69) is 15.0 Å². The number of aromatic nitrogens is 2. The molecule has 12 heteroatoms. The number of benzene rings is 2. The molecule has 0 spiro atoms. The number of nitrogens with one attached hydrogen (secondary N) is 1. The van der Waals surface area contributed by atoms with E-state index < -0.39 is 27.2 Å². The van der Waals surface area contributed by atoms with Crippen LogP contribution in [0.25, 0.3) is 22.0 Å². The van der Waals surface area contributed by atoms with E-state index in [1.807, 2.05) is 18.7 Å². The number of anilines is 1. The average molecular weight is 589 g/mol. The molecule has 0 saturated carbocycles. The first-order valence-corrected chi connectivity index (χ1v) is 15.4. The van der Waals surface area contributed by atoms with Gasteiger partial charge >= 0.3 is 0 Å². The number of nitrogens with zero attached hydrogens (tertiary/aromatic N) is 3. The predicted octanol–water partition coefficient (Wildman–Crippen LogP) is 2.58. The number of sulfone groups is 1. The van der Waals surface area contributed by atoms with Gasteiger partial charge in [-0.25, -0.2) is 32.2 Å². The lowest BCUT2D eigenvalue weighted by atomic mass is 9.95. The molecule has 1 aliphatic heterocycles. The molecule has 4 rings (SSSR count). The molecule has 0 unspecified atom stereocenters. The number of nitrogens with two attached hydrogens (primary N) is 1. The van der Waals surface area contributed by atoms with E-state index in [1.165, 1.54) is 36.8 Å². The zero-order chi connectivity index (χ0) is 29.7. The monoisotopic (exact) mass is 588 g/mol. The van der Waals surface area contributed by atoms with Gasteiger partial charge in [0.25, 0.3) is 0 Å². The third-order valence-electron chi connectivity index (χ3n) is 7.25. The van der Waals surface area contributed by atoms with Crippen molar-refractivity contribution in [3.8, 4) is 11.1 Å². The first-order valence-electron chi connectivity index (χ1n) is 13.6. The second-order valence-corrected chi connectivity index (χ2v) is 12.8. The fraction of sp³-hybridized carbons (Fsp3) is 0.414. The highest BCUT2D eigenvalue weighted by atomic mass is 32.2. The number of halogens is 2. The van der Waals surface area contributed by atoms with Gasteiger partial charge in [0, 0.05) is 42.1 Å². The maximum atomic E-state index is 15.0. The van der Waals surface area contributed by atoms with Crippen molar-refractivity contribution in [2.75, 3.05) is 30.3 Å². The molecular formula is C29H36F2N5O4S+. The van der Waals surface area contributed by atoms with Crippen LogP contribution in [-0.2, 0) is 15.6 Å². The summed E-state index contributed by atoms with van der Waals surface area (Å²) in [6, 6.07) is 6.77. The summed E-state index contributed by atoms with van der Waals surface area (Å²) in [6.07, 6.45) is 4.43. The molecule has 1 fully saturated rings. The van der Waals surface area contributed by atoms with Crippen LogP contribution in [0.4, 0.5) is 14.6 Å². The molecule has 5 N–H and O–H groups in total. The van der Waals surface area contributed by atoms with Crippen LogP contribution in [0.5, 0.6) is 0 Å². The van der Waals surface area contributed by atoms with Gasteiger partial charge in [-0.1, -0.05) is 26.0 Å². The third kappa shape index (κ3) is 7.36. The van der Waals surface area contributed by atoms with Gasteiger partial charge in [-0.3, -0.25) is 5.73 Å². The molecular weight excluding hydrogens is 552 g/mol. The van der Waals surface area contributed by atoms with E-state index in [9.17, 15) is 17.9 Å². The average Bonchev–Trinajstić information content (AvgIpc) is 2.95. The van der Waals surface area contributed by atoms with Crippen molar-refractivity contribution in [3.63, 3.8) is 0 Å². The van der Waals surface area contributed by atoms with Gasteiger partial charge in [-0.15, -0.1) is 0 Å². The van der Waals surface area contributed by atoms with Crippen molar-refractivity contribution in [2.45, 2.75) is 38.9 Å². The van der Waals surface area contributed by atoms with Gasteiger partial charge in [-0.2, -0.15) is 0 Å². The number of aliphatic hydroxyl groups is 2. The van der Waals surface area contributed by atoms with Gasteiger partial charge in [0.2, 0.25) is 5.84 Å². The van der Waals surface area contributed by atoms with E-state index in [1.54, 1.807) is 6.07 Å². The summed E-state index contributed by atoms with van der Waals surface area (Å²) >= 11 is 0. The Morgan fingerprint density at radius 1 is 1.20 bits per heavy atom. The lowest BCUT2D eigenvalue weighted by molar-refractivity contribution is -0.381. The molecule has 0 amide bonds. The summed E-state index contributed by atoms with van der Waals surface area (Å²) in [5.74, 6) is -0.564. The van der Waals surface area contributed by atoms with Crippen molar-refractivity contribution in [3.05, 3.63) is 65.8 Å². The number of fused-ring (bicyclic) bond motifs is 1. The summed E-state index contributed by atoms with van der Waals surface area (Å²) in [7, 11) is -3.59. The lowest BCUT2D eigenvalue weighted by Gasteiger charge is -2.31. The van der Waals surface area contributed by atoms with Crippen LogP contribution in [0.1, 0.15) is 38.7 Å². The summed E-state index contributed by atoms with van der Waals surface area (Å²) in [4.78, 5) is 13.9. The zero-order valence-corrected chi connectivity index (χ0v) is 24.0. The number of aliphatic hydroxyl groups excluding tert-OH is 2. The van der Waals surface area contributed by atoms with Crippen LogP contribution >= 0.6 is 0 Å². The quantitative estimate of drug-likeness (QED) is 0.161. The predicted molar refractivity (Wildman–Crippen MR) is 155 cm³/mol. The van der Waals surface area contributed by atoms with Gasteiger partial charge in [0.15, 0.2) is 9.84 Å². The Labute approximate surface area is 238 Å². The molecule has 1 aliphatic rings. The van der Waals surface area contributed by atoms with Crippen LogP contribution in [0, 0.1) is 23.5 Å². The van der Waals surface area contributed by atoms with Gasteiger partial charge in [-0.05, 0) is 43.0 Å². The fourth-order valence-electron chi connectivity index (χ4n) is 4.86. The van der Waals surface area contributed by atoms with Crippen molar-refractivity contribution in [1.29, 1.82) is 0 Å². The summed E-state index contributed by atoms with van der Waals surface area (Å²) < 4.78 is 54.4. The molecule has 41 heavy (non-hydrogen) atoms. The van der Waals surface area contributed by atoms with Gasteiger partial charge in [0.1, 0.15) is 35.7 Å². The normalized spacial score (nSPS) is 15.7.